The molecule has 0 aromatic heterocycles. The highest BCUT2D eigenvalue weighted by molar-refractivity contribution is 9.10. The number of nitrogens with zero attached hydrogens (tertiary/aromatic N) is 1. The minimum atomic E-state index is -1.81. The lowest BCUT2D eigenvalue weighted by Crippen LogP contribution is -2.49. The number of likely N-dealkylation sites (tertiary alicyclic amines) is 1. The van der Waals surface area contributed by atoms with Gasteiger partial charge in [-0.1, -0.05) is 15.9 Å². The van der Waals surface area contributed by atoms with Crippen LogP contribution >= 0.6 is 15.9 Å². The lowest BCUT2D eigenvalue weighted by atomic mass is 9.99. The van der Waals surface area contributed by atoms with E-state index in [1.54, 1.807) is 53.7 Å². The van der Waals surface area contributed by atoms with E-state index < -0.39 is 47.0 Å². The number of amides is 2. The number of nitrogens with one attached hydrogen (secondary N) is 1. The van der Waals surface area contributed by atoms with Gasteiger partial charge in [-0.15, -0.1) is 0 Å². The van der Waals surface area contributed by atoms with Gasteiger partial charge >= 0.3 is 24.1 Å². The smallest absolute Gasteiger partial charge is 0.412 e. The van der Waals surface area contributed by atoms with Crippen molar-refractivity contribution in [2.75, 3.05) is 26.1 Å². The Morgan fingerprint density at radius 1 is 1.00 bits per heavy atom. The summed E-state index contributed by atoms with van der Waals surface area (Å²) in [5, 5.41) is 2.60. The summed E-state index contributed by atoms with van der Waals surface area (Å²) in [7, 11) is 2.34. The van der Waals surface area contributed by atoms with Crippen LogP contribution in [0.4, 0.5) is 15.3 Å². The van der Waals surface area contributed by atoms with E-state index in [2.05, 4.69) is 21.2 Å². The summed E-state index contributed by atoms with van der Waals surface area (Å²) in [4.78, 5) is 52.1. The minimum absolute atomic E-state index is 0.0790. The number of esters is 2. The zero-order valence-corrected chi connectivity index (χ0v) is 23.3. The summed E-state index contributed by atoms with van der Waals surface area (Å²) in [5.41, 5.74) is -3.22. The van der Waals surface area contributed by atoms with Gasteiger partial charge in [-0.2, -0.15) is 0 Å². The van der Waals surface area contributed by atoms with Crippen molar-refractivity contribution in [1.29, 1.82) is 0 Å². The predicted molar refractivity (Wildman–Crippen MR) is 133 cm³/mol. The van der Waals surface area contributed by atoms with Crippen LogP contribution in [0.5, 0.6) is 5.75 Å². The van der Waals surface area contributed by atoms with Crippen molar-refractivity contribution >= 4 is 45.7 Å². The largest absolute Gasteiger partial charge is 0.471 e. The molecule has 1 aliphatic rings. The lowest BCUT2D eigenvalue weighted by Gasteiger charge is -2.29. The number of rotatable bonds is 5. The Kier molecular flexibility index (Phi) is 8.87. The van der Waals surface area contributed by atoms with Gasteiger partial charge in [-0.3, -0.25) is 10.2 Å². The number of benzene rings is 1. The van der Waals surface area contributed by atoms with Crippen LogP contribution in [0.1, 0.15) is 48.0 Å². The first-order valence-electron chi connectivity index (χ1n) is 11.1. The molecule has 0 radical (unpaired) electrons. The Morgan fingerprint density at radius 2 is 1.61 bits per heavy atom. The highest BCUT2D eigenvalue weighted by atomic mass is 79.9. The first-order chi connectivity index (χ1) is 16.5. The van der Waals surface area contributed by atoms with Crippen molar-refractivity contribution in [3.05, 3.63) is 22.7 Å². The fourth-order valence-electron chi connectivity index (χ4n) is 3.49. The topological polar surface area (TPSA) is 130 Å². The first kappa shape index (κ1) is 29.2. The highest BCUT2D eigenvalue weighted by Crippen LogP contribution is 2.39. The van der Waals surface area contributed by atoms with Gasteiger partial charge in [-0.05, 0) is 59.7 Å². The second-order valence-electron chi connectivity index (χ2n) is 10.2. The average molecular weight is 573 g/mol. The number of carbonyl (C=O) groups excluding carboxylic acids is 4. The molecule has 0 saturated carbocycles. The van der Waals surface area contributed by atoms with Crippen LogP contribution in [0.15, 0.2) is 22.7 Å². The Balaban J connectivity index is 2.49. The van der Waals surface area contributed by atoms with E-state index in [-0.39, 0.29) is 24.4 Å². The van der Waals surface area contributed by atoms with Crippen LogP contribution in [0, 0.1) is 0 Å². The molecule has 2 atom stereocenters. The van der Waals surface area contributed by atoms with Crippen molar-refractivity contribution < 1.29 is 42.9 Å². The molecule has 0 unspecified atom stereocenters. The Hall–Kier alpha value is -3.02. The van der Waals surface area contributed by atoms with Crippen molar-refractivity contribution in [2.45, 2.75) is 70.8 Å². The van der Waals surface area contributed by atoms with E-state index in [1.165, 1.54) is 13.2 Å². The summed E-state index contributed by atoms with van der Waals surface area (Å²) in [6.45, 7) is 9.81. The molecule has 1 aromatic rings. The molecule has 2 rings (SSSR count). The molecule has 11 nitrogen and oxygen atoms in total. The number of carbonyl (C=O) groups is 4. The Bertz CT molecular complexity index is 1020. The monoisotopic (exact) mass is 572 g/mol. The maximum atomic E-state index is 13.1. The second-order valence-corrected chi connectivity index (χ2v) is 11.1. The molecule has 1 saturated heterocycles. The van der Waals surface area contributed by atoms with Crippen molar-refractivity contribution in [1.82, 2.24) is 4.90 Å². The maximum absolute atomic E-state index is 13.1. The SMILES string of the molecule is COC(=O)[C@@H]1C[C@](Oc2cc(Br)ccc2NC(=O)OC(C)(C)C)(C(=O)OC)CN1C(=O)OC(C)(C)C. The maximum Gasteiger partial charge on any atom is 0.412 e. The van der Waals surface area contributed by atoms with Crippen LogP contribution in [0.3, 0.4) is 0 Å². The van der Waals surface area contributed by atoms with Gasteiger partial charge < -0.3 is 23.7 Å². The Morgan fingerprint density at radius 3 is 2.14 bits per heavy atom. The van der Waals surface area contributed by atoms with E-state index in [1.807, 2.05) is 0 Å². The van der Waals surface area contributed by atoms with E-state index in [0.717, 1.165) is 12.0 Å². The van der Waals surface area contributed by atoms with Gasteiger partial charge in [0, 0.05) is 10.9 Å². The molecular formula is C24H33BrN2O9. The fourth-order valence-corrected chi connectivity index (χ4v) is 3.83. The van der Waals surface area contributed by atoms with Gasteiger partial charge in [0.1, 0.15) is 23.0 Å². The number of halogens is 1. The summed E-state index contributed by atoms with van der Waals surface area (Å²) in [6, 6.07) is 3.55. The van der Waals surface area contributed by atoms with Crippen LogP contribution < -0.4 is 10.1 Å². The van der Waals surface area contributed by atoms with E-state index >= 15 is 0 Å². The summed E-state index contributed by atoms with van der Waals surface area (Å²) in [6.07, 6.45) is -1.84. The average Bonchev–Trinajstić information content (AvgIpc) is 3.13. The number of anilines is 1. The van der Waals surface area contributed by atoms with Crippen LogP contribution in [-0.4, -0.2) is 72.6 Å². The first-order valence-corrected chi connectivity index (χ1v) is 11.9. The summed E-state index contributed by atoms with van der Waals surface area (Å²) in [5.74, 6) is -1.50. The lowest BCUT2D eigenvalue weighted by molar-refractivity contribution is -0.158. The predicted octanol–water partition coefficient (Wildman–Crippen LogP) is 4.27. The summed E-state index contributed by atoms with van der Waals surface area (Å²) < 4.78 is 27.4. The molecule has 0 aliphatic carbocycles. The third-order valence-corrected chi connectivity index (χ3v) is 5.36. The summed E-state index contributed by atoms with van der Waals surface area (Å²) >= 11 is 3.35. The number of hydrogen-bond donors (Lipinski definition) is 1. The highest BCUT2D eigenvalue weighted by Gasteiger charge is 2.57. The van der Waals surface area contributed by atoms with Crippen LogP contribution in [0.2, 0.25) is 0 Å². The third-order valence-electron chi connectivity index (χ3n) is 4.87. The van der Waals surface area contributed by atoms with Crippen molar-refractivity contribution in [3.63, 3.8) is 0 Å². The Labute approximate surface area is 218 Å². The molecule has 36 heavy (non-hydrogen) atoms. The van der Waals surface area contributed by atoms with Crippen LogP contribution in [0.25, 0.3) is 0 Å². The number of hydrogen-bond acceptors (Lipinski definition) is 9. The molecule has 1 aliphatic heterocycles. The van der Waals surface area contributed by atoms with Gasteiger partial charge in [0.15, 0.2) is 0 Å². The second kappa shape index (κ2) is 10.9. The molecule has 1 fully saturated rings. The van der Waals surface area contributed by atoms with E-state index in [4.69, 9.17) is 23.7 Å². The fraction of sp³-hybridized carbons (Fsp3) is 0.583. The molecule has 2 amide bonds. The minimum Gasteiger partial charge on any atom is -0.471 e. The third kappa shape index (κ3) is 7.49. The van der Waals surface area contributed by atoms with E-state index in [9.17, 15) is 19.2 Å². The molecule has 1 N–H and O–H groups in total. The van der Waals surface area contributed by atoms with E-state index in [0.29, 0.717) is 4.47 Å². The van der Waals surface area contributed by atoms with Gasteiger partial charge in [-0.25, -0.2) is 19.2 Å². The number of methoxy groups -OCH3 is 2. The molecule has 0 bridgehead atoms. The zero-order valence-electron chi connectivity index (χ0n) is 21.7. The standard InChI is InChI=1S/C24H33BrN2O9/c1-22(2,3)35-20(30)26-15-10-9-14(25)11-17(15)34-24(19(29)33-8)12-16(18(28)32-7)27(13-24)21(31)36-23(4,5)6/h9-11,16H,12-13H2,1-8H3,(H,26,30)/t16-,24+/m0/s1. The molecular weight excluding hydrogens is 540 g/mol. The normalized spacial score (nSPS) is 19.8. The van der Waals surface area contributed by atoms with Crippen molar-refractivity contribution in [2.24, 2.45) is 0 Å². The zero-order chi connectivity index (χ0) is 27.5. The molecule has 0 spiro atoms. The van der Waals surface area contributed by atoms with Gasteiger partial charge in [0.05, 0.1) is 26.5 Å². The van der Waals surface area contributed by atoms with Crippen LogP contribution in [-0.2, 0) is 28.5 Å². The molecule has 200 valence electrons. The quantitative estimate of drug-likeness (QED) is 0.406. The van der Waals surface area contributed by atoms with Gasteiger partial charge in [0.25, 0.3) is 0 Å². The number of ether oxygens (including phenoxy) is 5. The van der Waals surface area contributed by atoms with Gasteiger partial charge in [0.2, 0.25) is 5.60 Å². The molecule has 12 heteroatoms. The molecule has 1 heterocycles. The molecule has 1 aromatic carbocycles. The van der Waals surface area contributed by atoms with Crippen molar-refractivity contribution in [3.8, 4) is 5.75 Å².